The van der Waals surface area contributed by atoms with E-state index >= 15 is 0 Å². The Bertz CT molecular complexity index is 238. The van der Waals surface area contributed by atoms with Gasteiger partial charge in [-0.15, -0.1) is 0 Å². The van der Waals surface area contributed by atoms with E-state index in [4.69, 9.17) is 4.74 Å². The molecule has 4 heteroatoms. The Morgan fingerprint density at radius 1 is 1.60 bits per heavy atom. The van der Waals surface area contributed by atoms with Crippen molar-refractivity contribution in [1.82, 2.24) is 4.90 Å². The van der Waals surface area contributed by atoms with Crippen LogP contribution in [-0.2, 0) is 4.74 Å². The lowest BCUT2D eigenvalue weighted by Crippen LogP contribution is -2.34. The van der Waals surface area contributed by atoms with Gasteiger partial charge < -0.3 is 14.7 Å². The van der Waals surface area contributed by atoms with Gasteiger partial charge in [-0.25, -0.2) is 4.79 Å². The molecular formula is C11H19NO3. The second kappa shape index (κ2) is 5.16. The summed E-state index contributed by atoms with van der Waals surface area (Å²) in [6, 6.07) is 0. The summed E-state index contributed by atoms with van der Waals surface area (Å²) in [6.45, 7) is 6.75. The van der Waals surface area contributed by atoms with Crippen molar-refractivity contribution >= 4 is 6.09 Å². The minimum absolute atomic E-state index is 0.242. The van der Waals surface area contributed by atoms with Crippen LogP contribution in [0.5, 0.6) is 0 Å². The number of rotatable bonds is 2. The molecule has 1 heterocycles. The molecule has 1 N–H and O–H groups in total. The predicted octanol–water partition coefficient (Wildman–Crippen LogP) is 1.55. The van der Waals surface area contributed by atoms with Crippen molar-refractivity contribution in [2.75, 3.05) is 19.7 Å². The van der Waals surface area contributed by atoms with Crippen LogP contribution in [0.3, 0.4) is 0 Å². The lowest BCUT2D eigenvalue weighted by molar-refractivity contribution is 0.0441. The molecule has 15 heavy (non-hydrogen) atoms. The third kappa shape index (κ3) is 3.91. The molecule has 0 aliphatic carbocycles. The van der Waals surface area contributed by atoms with Crippen LogP contribution in [-0.4, -0.2) is 41.4 Å². The van der Waals surface area contributed by atoms with E-state index in [1.807, 2.05) is 6.92 Å². The average Bonchev–Trinajstić information content (AvgIpc) is 2.36. The first kappa shape index (κ1) is 12.0. The van der Waals surface area contributed by atoms with Crippen LogP contribution in [0.2, 0.25) is 0 Å². The molecule has 0 aromatic carbocycles. The molecule has 0 saturated carbocycles. The molecule has 1 atom stereocenters. The van der Waals surface area contributed by atoms with Crippen molar-refractivity contribution in [3.63, 3.8) is 0 Å². The molecule has 1 amide bonds. The third-order valence-corrected chi connectivity index (χ3v) is 2.65. The van der Waals surface area contributed by atoms with Gasteiger partial charge in [0.15, 0.2) is 0 Å². The molecule has 1 fully saturated rings. The van der Waals surface area contributed by atoms with E-state index in [2.05, 4.69) is 6.58 Å². The minimum atomic E-state index is -0.645. The first-order valence-electron chi connectivity index (χ1n) is 5.30. The number of nitrogens with zero attached hydrogens (tertiary/aromatic N) is 1. The van der Waals surface area contributed by atoms with Crippen molar-refractivity contribution in [3.05, 3.63) is 12.7 Å². The van der Waals surface area contributed by atoms with Gasteiger partial charge in [0.25, 0.3) is 0 Å². The highest BCUT2D eigenvalue weighted by atomic mass is 16.6. The molecule has 4 nitrogen and oxygen atoms in total. The largest absolute Gasteiger partial charge is 0.445 e. The van der Waals surface area contributed by atoms with E-state index in [1.165, 1.54) is 0 Å². The Balaban J connectivity index is 2.43. The minimum Gasteiger partial charge on any atom is -0.445 e. The summed E-state index contributed by atoms with van der Waals surface area (Å²) >= 11 is 0. The first-order valence-corrected chi connectivity index (χ1v) is 5.30. The molecule has 86 valence electrons. The fraction of sp³-hybridized carbons (Fsp3) is 0.727. The van der Waals surface area contributed by atoms with Crippen LogP contribution in [0.4, 0.5) is 4.79 Å². The van der Waals surface area contributed by atoms with Gasteiger partial charge in [-0.1, -0.05) is 12.7 Å². The normalized spacial score (nSPS) is 26.9. The Kier molecular flexibility index (Phi) is 4.15. The average molecular weight is 213 g/mol. The fourth-order valence-corrected chi connectivity index (χ4v) is 1.67. The number of amides is 1. The molecule has 1 aliphatic heterocycles. The van der Waals surface area contributed by atoms with Crippen LogP contribution >= 0.6 is 0 Å². The van der Waals surface area contributed by atoms with Gasteiger partial charge in [-0.05, 0) is 26.2 Å². The van der Waals surface area contributed by atoms with Gasteiger partial charge in [0.1, 0.15) is 6.61 Å². The fourth-order valence-electron chi connectivity index (χ4n) is 1.67. The van der Waals surface area contributed by atoms with Gasteiger partial charge in [-0.3, -0.25) is 0 Å². The monoisotopic (exact) mass is 213 g/mol. The summed E-state index contributed by atoms with van der Waals surface area (Å²) in [5.74, 6) is 0. The molecule has 1 unspecified atom stereocenters. The van der Waals surface area contributed by atoms with Crippen LogP contribution < -0.4 is 0 Å². The zero-order valence-corrected chi connectivity index (χ0v) is 9.24. The number of hydrogen-bond acceptors (Lipinski definition) is 3. The Morgan fingerprint density at radius 3 is 3.00 bits per heavy atom. The van der Waals surface area contributed by atoms with Gasteiger partial charge in [0, 0.05) is 13.1 Å². The van der Waals surface area contributed by atoms with E-state index in [9.17, 15) is 9.90 Å². The molecule has 0 bridgehead atoms. The number of carbonyl (C=O) groups is 1. The second-order valence-electron chi connectivity index (χ2n) is 4.20. The first-order chi connectivity index (χ1) is 7.05. The Morgan fingerprint density at radius 2 is 2.33 bits per heavy atom. The van der Waals surface area contributed by atoms with Gasteiger partial charge in [0.2, 0.25) is 0 Å². The number of hydrogen-bond donors (Lipinski definition) is 1. The molecular weight excluding hydrogens is 194 g/mol. The van der Waals surface area contributed by atoms with Crippen molar-refractivity contribution in [2.45, 2.75) is 31.8 Å². The van der Waals surface area contributed by atoms with E-state index in [-0.39, 0.29) is 12.7 Å². The van der Waals surface area contributed by atoms with Crippen LogP contribution in [0, 0.1) is 0 Å². The van der Waals surface area contributed by atoms with Crippen molar-refractivity contribution in [1.29, 1.82) is 0 Å². The molecule has 1 saturated heterocycles. The lowest BCUT2D eigenvalue weighted by atomic mass is 9.98. The Labute approximate surface area is 90.5 Å². The highest BCUT2D eigenvalue weighted by Gasteiger charge is 2.27. The predicted molar refractivity (Wildman–Crippen MR) is 57.6 cm³/mol. The summed E-state index contributed by atoms with van der Waals surface area (Å²) in [7, 11) is 0. The maximum Gasteiger partial charge on any atom is 0.410 e. The molecule has 0 spiro atoms. The summed E-state index contributed by atoms with van der Waals surface area (Å²) < 4.78 is 4.94. The van der Waals surface area contributed by atoms with Gasteiger partial charge in [-0.2, -0.15) is 0 Å². The SMILES string of the molecule is C=CCOC(=O)N1CCCC(C)(O)CC1. The zero-order valence-electron chi connectivity index (χ0n) is 9.24. The molecule has 0 radical (unpaired) electrons. The van der Waals surface area contributed by atoms with E-state index in [1.54, 1.807) is 11.0 Å². The molecule has 0 aromatic heterocycles. The zero-order chi connectivity index (χ0) is 11.3. The highest BCUT2D eigenvalue weighted by molar-refractivity contribution is 5.67. The standard InChI is InChI=1S/C11H19NO3/c1-3-9-15-10(13)12-7-4-5-11(2,14)6-8-12/h3,14H,1,4-9H2,2H3. The summed E-state index contributed by atoms with van der Waals surface area (Å²) in [5, 5.41) is 9.84. The van der Waals surface area contributed by atoms with Gasteiger partial charge >= 0.3 is 6.09 Å². The highest BCUT2D eigenvalue weighted by Crippen LogP contribution is 2.21. The smallest absolute Gasteiger partial charge is 0.410 e. The van der Waals surface area contributed by atoms with Gasteiger partial charge in [0.05, 0.1) is 5.60 Å². The molecule has 1 aliphatic rings. The second-order valence-corrected chi connectivity index (χ2v) is 4.20. The number of likely N-dealkylation sites (tertiary alicyclic amines) is 1. The summed E-state index contributed by atoms with van der Waals surface area (Å²) in [4.78, 5) is 13.1. The van der Waals surface area contributed by atoms with E-state index in [0.29, 0.717) is 19.5 Å². The van der Waals surface area contributed by atoms with Crippen molar-refractivity contribution in [3.8, 4) is 0 Å². The van der Waals surface area contributed by atoms with Crippen LogP contribution in [0.15, 0.2) is 12.7 Å². The van der Waals surface area contributed by atoms with E-state index in [0.717, 1.165) is 12.8 Å². The third-order valence-electron chi connectivity index (χ3n) is 2.65. The van der Waals surface area contributed by atoms with Crippen molar-refractivity contribution in [2.24, 2.45) is 0 Å². The van der Waals surface area contributed by atoms with Crippen LogP contribution in [0.25, 0.3) is 0 Å². The quantitative estimate of drug-likeness (QED) is 0.708. The maximum atomic E-state index is 11.5. The maximum absolute atomic E-state index is 11.5. The lowest BCUT2D eigenvalue weighted by Gasteiger charge is -2.21. The molecule has 1 rings (SSSR count). The topological polar surface area (TPSA) is 49.8 Å². The molecule has 0 aromatic rings. The summed E-state index contributed by atoms with van der Waals surface area (Å²) in [6.07, 6.45) is 3.39. The Hall–Kier alpha value is -1.03. The number of aliphatic hydroxyl groups is 1. The summed E-state index contributed by atoms with van der Waals surface area (Å²) in [5.41, 5.74) is -0.645. The van der Waals surface area contributed by atoms with Crippen LogP contribution in [0.1, 0.15) is 26.2 Å². The number of carbonyl (C=O) groups excluding carboxylic acids is 1. The number of ether oxygens (including phenoxy) is 1. The van der Waals surface area contributed by atoms with E-state index < -0.39 is 5.60 Å². The van der Waals surface area contributed by atoms with Crippen molar-refractivity contribution < 1.29 is 14.6 Å².